The molecule has 1 heterocycles. The second-order valence-corrected chi connectivity index (χ2v) is 5.82. The van der Waals surface area contributed by atoms with Crippen LogP contribution in [0.5, 0.6) is 0 Å². The van der Waals surface area contributed by atoms with Gasteiger partial charge >= 0.3 is 0 Å². The zero-order valence-corrected chi connectivity index (χ0v) is 13.4. The van der Waals surface area contributed by atoms with Gasteiger partial charge in [-0.15, -0.1) is 0 Å². The predicted molar refractivity (Wildman–Crippen MR) is 87.6 cm³/mol. The number of carbonyl (C=O) groups is 1. The summed E-state index contributed by atoms with van der Waals surface area (Å²) in [4.78, 5) is 11.2. The Kier molecular flexibility index (Phi) is 6.22. The van der Waals surface area contributed by atoms with Crippen LogP contribution in [0.1, 0.15) is 30.9 Å². The summed E-state index contributed by atoms with van der Waals surface area (Å²) >= 11 is 11.1. The summed E-state index contributed by atoms with van der Waals surface area (Å²) in [6, 6.07) is 14.0. The first-order chi connectivity index (χ1) is 10.6. The first kappa shape index (κ1) is 16.8. The Morgan fingerprint density at radius 1 is 1.05 bits per heavy atom. The van der Waals surface area contributed by atoms with Crippen molar-refractivity contribution in [1.29, 1.82) is 0 Å². The van der Waals surface area contributed by atoms with Gasteiger partial charge in [-0.1, -0.05) is 47.5 Å². The molecule has 0 spiro atoms. The van der Waals surface area contributed by atoms with Crippen molar-refractivity contribution in [3.63, 3.8) is 0 Å². The smallest absolute Gasteiger partial charge is 0.220 e. The highest BCUT2D eigenvalue weighted by Gasteiger charge is 2.19. The van der Waals surface area contributed by atoms with E-state index in [1.165, 1.54) is 12.1 Å². The third-order valence-corrected chi connectivity index (χ3v) is 3.89. The molecule has 0 bridgehead atoms. The SMILES string of the molecule is Fc1ccccc1Cl.O=C1CCCC(c2ccc(Cl)cc2)N1. The van der Waals surface area contributed by atoms with E-state index in [1.54, 1.807) is 12.1 Å². The van der Waals surface area contributed by atoms with Gasteiger partial charge in [0.05, 0.1) is 11.1 Å². The van der Waals surface area contributed by atoms with Crippen molar-refractivity contribution < 1.29 is 9.18 Å². The van der Waals surface area contributed by atoms with Crippen molar-refractivity contribution >= 4 is 29.1 Å². The monoisotopic (exact) mass is 339 g/mol. The largest absolute Gasteiger partial charge is 0.349 e. The van der Waals surface area contributed by atoms with Gasteiger partial charge < -0.3 is 5.32 Å². The van der Waals surface area contributed by atoms with Crippen molar-refractivity contribution in [3.8, 4) is 0 Å². The number of carbonyl (C=O) groups excluding carboxylic acids is 1. The second kappa shape index (κ2) is 8.16. The molecule has 1 atom stereocenters. The van der Waals surface area contributed by atoms with E-state index in [1.807, 2.05) is 24.3 Å². The molecule has 0 saturated carbocycles. The molecule has 1 N–H and O–H groups in total. The van der Waals surface area contributed by atoms with Crippen molar-refractivity contribution in [2.75, 3.05) is 0 Å². The third kappa shape index (κ3) is 5.00. The number of hydrogen-bond donors (Lipinski definition) is 1. The topological polar surface area (TPSA) is 29.1 Å². The van der Waals surface area contributed by atoms with Crippen molar-refractivity contribution in [3.05, 3.63) is 70.0 Å². The highest BCUT2D eigenvalue weighted by molar-refractivity contribution is 6.30. The van der Waals surface area contributed by atoms with E-state index >= 15 is 0 Å². The average molecular weight is 340 g/mol. The number of rotatable bonds is 1. The summed E-state index contributed by atoms with van der Waals surface area (Å²) in [5, 5.41) is 3.88. The Morgan fingerprint density at radius 2 is 1.73 bits per heavy atom. The van der Waals surface area contributed by atoms with Crippen LogP contribution in [0, 0.1) is 5.82 Å². The Balaban J connectivity index is 0.000000188. The third-order valence-electron chi connectivity index (χ3n) is 3.33. The lowest BCUT2D eigenvalue weighted by Crippen LogP contribution is -2.32. The maximum absolute atomic E-state index is 12.2. The number of amides is 1. The summed E-state index contributed by atoms with van der Waals surface area (Å²) in [5.41, 5.74) is 1.14. The van der Waals surface area contributed by atoms with E-state index in [2.05, 4.69) is 5.32 Å². The summed E-state index contributed by atoms with van der Waals surface area (Å²) in [5.74, 6) is -0.217. The molecule has 22 heavy (non-hydrogen) atoms. The standard InChI is InChI=1S/C11H12ClNO.C6H4ClF/c12-9-6-4-8(5-7-9)10-2-1-3-11(14)13-10;7-5-3-1-2-4-6(5)8/h4-7,10H,1-3H2,(H,13,14);1-4H. The number of nitrogens with one attached hydrogen (secondary N) is 1. The summed E-state index contributed by atoms with van der Waals surface area (Å²) in [6.45, 7) is 0. The van der Waals surface area contributed by atoms with E-state index in [0.29, 0.717) is 6.42 Å². The van der Waals surface area contributed by atoms with Crippen molar-refractivity contribution in [2.45, 2.75) is 25.3 Å². The van der Waals surface area contributed by atoms with E-state index in [-0.39, 0.29) is 22.8 Å². The molecule has 1 amide bonds. The minimum Gasteiger partial charge on any atom is -0.349 e. The van der Waals surface area contributed by atoms with E-state index in [9.17, 15) is 9.18 Å². The fourth-order valence-corrected chi connectivity index (χ4v) is 2.45. The lowest BCUT2D eigenvalue weighted by Gasteiger charge is -2.23. The van der Waals surface area contributed by atoms with Crippen LogP contribution in [0.4, 0.5) is 4.39 Å². The Morgan fingerprint density at radius 3 is 2.27 bits per heavy atom. The molecule has 2 nitrogen and oxygen atoms in total. The maximum Gasteiger partial charge on any atom is 0.220 e. The van der Waals surface area contributed by atoms with Gasteiger partial charge in [0.25, 0.3) is 0 Å². The molecule has 1 fully saturated rings. The molecular weight excluding hydrogens is 324 g/mol. The van der Waals surface area contributed by atoms with Gasteiger partial charge in [-0.2, -0.15) is 0 Å². The van der Waals surface area contributed by atoms with Crippen molar-refractivity contribution in [2.24, 2.45) is 0 Å². The molecule has 1 unspecified atom stereocenters. The molecular formula is C17H16Cl2FNO. The quantitative estimate of drug-likeness (QED) is 0.763. The lowest BCUT2D eigenvalue weighted by molar-refractivity contribution is -0.123. The van der Waals surface area contributed by atoms with Gasteiger partial charge in [-0.3, -0.25) is 4.79 Å². The highest BCUT2D eigenvalue weighted by Crippen LogP contribution is 2.24. The number of hydrogen-bond acceptors (Lipinski definition) is 1. The Labute approximate surface area is 139 Å². The zero-order chi connectivity index (χ0) is 15.9. The molecule has 2 aromatic carbocycles. The molecule has 3 rings (SSSR count). The van der Waals surface area contributed by atoms with Crippen LogP contribution >= 0.6 is 23.2 Å². The Bertz CT molecular complexity index is 610. The molecule has 116 valence electrons. The van der Waals surface area contributed by atoms with Crippen LogP contribution in [0.3, 0.4) is 0 Å². The molecule has 0 aliphatic carbocycles. The molecule has 2 aromatic rings. The van der Waals surface area contributed by atoms with Crippen LogP contribution in [0.2, 0.25) is 10.0 Å². The summed E-state index contributed by atoms with van der Waals surface area (Å²) in [7, 11) is 0. The zero-order valence-electron chi connectivity index (χ0n) is 11.9. The molecule has 1 aliphatic heterocycles. The first-order valence-corrected chi connectivity index (χ1v) is 7.76. The maximum atomic E-state index is 12.2. The summed E-state index contributed by atoms with van der Waals surface area (Å²) in [6.07, 6.45) is 2.65. The van der Waals surface area contributed by atoms with E-state index in [0.717, 1.165) is 23.4 Å². The molecule has 1 aliphatic rings. The van der Waals surface area contributed by atoms with Gasteiger partial charge in [-0.05, 0) is 42.7 Å². The summed E-state index contributed by atoms with van der Waals surface area (Å²) < 4.78 is 12.2. The second-order valence-electron chi connectivity index (χ2n) is 4.98. The fraction of sp³-hybridized carbons (Fsp3) is 0.235. The van der Waals surface area contributed by atoms with Crippen molar-refractivity contribution in [1.82, 2.24) is 5.32 Å². The van der Waals surface area contributed by atoms with Crippen LogP contribution in [-0.2, 0) is 4.79 Å². The van der Waals surface area contributed by atoms with Crippen LogP contribution < -0.4 is 5.32 Å². The minimum atomic E-state index is -0.367. The molecule has 5 heteroatoms. The van der Waals surface area contributed by atoms with Gasteiger partial charge in [0.1, 0.15) is 5.82 Å². The first-order valence-electron chi connectivity index (χ1n) is 7.01. The van der Waals surface area contributed by atoms with Gasteiger partial charge in [0, 0.05) is 11.4 Å². The van der Waals surface area contributed by atoms with E-state index < -0.39 is 0 Å². The number of halogens is 3. The normalized spacial score (nSPS) is 17.2. The van der Waals surface area contributed by atoms with Gasteiger partial charge in [0.2, 0.25) is 5.91 Å². The molecule has 0 aromatic heterocycles. The predicted octanol–water partition coefficient (Wildman–Crippen LogP) is 5.16. The van der Waals surface area contributed by atoms with E-state index in [4.69, 9.17) is 23.2 Å². The van der Waals surface area contributed by atoms with Crippen LogP contribution in [0.15, 0.2) is 48.5 Å². The fourth-order valence-electron chi connectivity index (χ4n) is 2.19. The highest BCUT2D eigenvalue weighted by atomic mass is 35.5. The van der Waals surface area contributed by atoms with Crippen LogP contribution in [0.25, 0.3) is 0 Å². The minimum absolute atomic E-state index is 0.149. The lowest BCUT2D eigenvalue weighted by atomic mass is 9.97. The number of benzene rings is 2. The van der Waals surface area contributed by atoms with Gasteiger partial charge in [0.15, 0.2) is 0 Å². The number of piperidine rings is 1. The molecule has 1 saturated heterocycles. The average Bonchev–Trinajstić information content (AvgIpc) is 2.52. The Hall–Kier alpha value is -1.58. The molecule has 0 radical (unpaired) electrons. The van der Waals surface area contributed by atoms with Gasteiger partial charge in [-0.25, -0.2) is 4.39 Å². The van der Waals surface area contributed by atoms with Crippen LogP contribution in [-0.4, -0.2) is 5.91 Å².